The van der Waals surface area contributed by atoms with E-state index in [4.69, 9.17) is 34.8 Å². The molecule has 19 heavy (non-hydrogen) atoms. The van der Waals surface area contributed by atoms with Crippen LogP contribution in [0.2, 0.25) is 15.1 Å². The standard InChI is InChI=1S/C15H16Cl3N/c1-8(11-5-9-2-3-10(11)4-9)19-15-7-13(17)12(16)6-14(15)18/h2-3,6-11,19H,4-5H2,1H3. The van der Waals surface area contributed by atoms with Crippen LogP contribution in [0.4, 0.5) is 5.69 Å². The first-order chi connectivity index (χ1) is 9.04. The second-order valence-corrected chi connectivity index (χ2v) is 6.84. The van der Waals surface area contributed by atoms with Gasteiger partial charge in [0.05, 0.1) is 20.8 Å². The number of nitrogens with one attached hydrogen (secondary N) is 1. The Kier molecular flexibility index (Phi) is 3.72. The Morgan fingerprint density at radius 3 is 2.42 bits per heavy atom. The summed E-state index contributed by atoms with van der Waals surface area (Å²) < 4.78 is 0. The summed E-state index contributed by atoms with van der Waals surface area (Å²) in [6.07, 6.45) is 7.31. The van der Waals surface area contributed by atoms with Crippen LogP contribution in [0.15, 0.2) is 24.3 Å². The fourth-order valence-corrected chi connectivity index (χ4v) is 3.99. The summed E-state index contributed by atoms with van der Waals surface area (Å²) in [5, 5.41) is 5.15. The first-order valence-corrected chi connectivity index (χ1v) is 7.77. The Labute approximate surface area is 128 Å². The first kappa shape index (κ1) is 13.6. The van der Waals surface area contributed by atoms with Gasteiger partial charge in [-0.2, -0.15) is 0 Å². The number of hydrogen-bond donors (Lipinski definition) is 1. The van der Waals surface area contributed by atoms with Gasteiger partial charge in [-0.05, 0) is 49.7 Å². The van der Waals surface area contributed by atoms with Gasteiger partial charge in [0.15, 0.2) is 0 Å². The Hall–Kier alpha value is -0.370. The van der Waals surface area contributed by atoms with Crippen molar-refractivity contribution in [1.82, 2.24) is 0 Å². The second kappa shape index (κ2) is 5.20. The topological polar surface area (TPSA) is 12.0 Å². The number of anilines is 1. The molecule has 2 bridgehead atoms. The van der Waals surface area contributed by atoms with Crippen molar-refractivity contribution in [3.8, 4) is 0 Å². The lowest BCUT2D eigenvalue weighted by Crippen LogP contribution is -2.28. The third kappa shape index (κ3) is 2.61. The molecular weight excluding hydrogens is 301 g/mol. The molecule has 1 N–H and O–H groups in total. The van der Waals surface area contributed by atoms with Crippen molar-refractivity contribution < 1.29 is 0 Å². The van der Waals surface area contributed by atoms with Crippen LogP contribution in [-0.4, -0.2) is 6.04 Å². The summed E-state index contributed by atoms with van der Waals surface area (Å²) in [5.74, 6) is 2.18. The highest BCUT2D eigenvalue weighted by Gasteiger charge is 2.38. The van der Waals surface area contributed by atoms with Gasteiger partial charge in [-0.3, -0.25) is 0 Å². The molecule has 1 aromatic carbocycles. The lowest BCUT2D eigenvalue weighted by Gasteiger charge is -2.27. The molecule has 0 amide bonds. The predicted octanol–water partition coefficient (Wildman–Crippen LogP) is 5.66. The maximum Gasteiger partial charge on any atom is 0.0653 e. The maximum atomic E-state index is 6.21. The third-order valence-electron chi connectivity index (χ3n) is 4.37. The molecule has 1 fully saturated rings. The van der Waals surface area contributed by atoms with E-state index >= 15 is 0 Å². The zero-order valence-electron chi connectivity index (χ0n) is 10.7. The van der Waals surface area contributed by atoms with Crippen molar-refractivity contribution in [1.29, 1.82) is 0 Å². The van der Waals surface area contributed by atoms with Gasteiger partial charge >= 0.3 is 0 Å². The van der Waals surface area contributed by atoms with Gasteiger partial charge < -0.3 is 5.32 Å². The third-order valence-corrected chi connectivity index (χ3v) is 5.40. The summed E-state index contributed by atoms with van der Waals surface area (Å²) in [6.45, 7) is 2.22. The van der Waals surface area contributed by atoms with Crippen molar-refractivity contribution in [3.63, 3.8) is 0 Å². The van der Waals surface area contributed by atoms with E-state index in [-0.39, 0.29) is 0 Å². The summed E-state index contributed by atoms with van der Waals surface area (Å²) in [7, 11) is 0. The van der Waals surface area contributed by atoms with Crippen LogP contribution in [0.25, 0.3) is 0 Å². The van der Waals surface area contributed by atoms with Gasteiger partial charge in [0.2, 0.25) is 0 Å². The summed E-state index contributed by atoms with van der Waals surface area (Å²) in [6, 6.07) is 3.89. The lowest BCUT2D eigenvalue weighted by molar-refractivity contribution is 0.400. The van der Waals surface area contributed by atoms with Crippen molar-refractivity contribution in [3.05, 3.63) is 39.4 Å². The summed E-state index contributed by atoms with van der Waals surface area (Å²) >= 11 is 18.2. The predicted molar refractivity (Wildman–Crippen MR) is 83.4 cm³/mol. The van der Waals surface area contributed by atoms with Crippen LogP contribution in [0.3, 0.4) is 0 Å². The Balaban J connectivity index is 1.75. The molecule has 1 nitrogen and oxygen atoms in total. The van der Waals surface area contributed by atoms with E-state index in [2.05, 4.69) is 24.4 Å². The molecule has 2 aliphatic rings. The molecule has 102 valence electrons. The van der Waals surface area contributed by atoms with E-state index < -0.39 is 0 Å². The molecule has 0 spiro atoms. The first-order valence-electron chi connectivity index (χ1n) is 6.64. The fraction of sp³-hybridized carbons (Fsp3) is 0.467. The van der Waals surface area contributed by atoms with Crippen LogP contribution in [0.5, 0.6) is 0 Å². The number of benzene rings is 1. The van der Waals surface area contributed by atoms with Crippen LogP contribution in [0.1, 0.15) is 19.8 Å². The molecule has 0 aromatic heterocycles. The molecule has 0 aliphatic heterocycles. The van der Waals surface area contributed by atoms with Crippen LogP contribution >= 0.6 is 34.8 Å². The Bertz CT molecular complexity index is 526. The molecule has 4 unspecified atom stereocenters. The second-order valence-electron chi connectivity index (χ2n) is 5.62. The minimum absolute atomic E-state index is 0.384. The minimum Gasteiger partial charge on any atom is -0.381 e. The van der Waals surface area contributed by atoms with Crippen molar-refractivity contribution in [2.75, 3.05) is 5.32 Å². The smallest absolute Gasteiger partial charge is 0.0653 e. The molecular formula is C15H16Cl3N. The summed E-state index contributed by atoms with van der Waals surface area (Å²) in [5.41, 5.74) is 0.871. The normalized spacial score (nSPS) is 29.8. The highest BCUT2D eigenvalue weighted by atomic mass is 35.5. The molecule has 2 aliphatic carbocycles. The molecule has 3 rings (SSSR count). The van der Waals surface area contributed by atoms with Crippen molar-refractivity contribution in [2.45, 2.75) is 25.8 Å². The molecule has 0 heterocycles. The molecule has 0 radical (unpaired) electrons. The van der Waals surface area contributed by atoms with Gasteiger partial charge in [0.1, 0.15) is 0 Å². The van der Waals surface area contributed by atoms with Gasteiger partial charge in [0.25, 0.3) is 0 Å². The van der Waals surface area contributed by atoms with Gasteiger partial charge in [-0.15, -0.1) is 0 Å². The minimum atomic E-state index is 0.384. The fourth-order valence-electron chi connectivity index (χ4n) is 3.38. The highest BCUT2D eigenvalue weighted by Crippen LogP contribution is 2.45. The zero-order valence-corrected chi connectivity index (χ0v) is 12.9. The van der Waals surface area contributed by atoms with Crippen LogP contribution < -0.4 is 5.32 Å². The van der Waals surface area contributed by atoms with E-state index in [0.717, 1.165) is 11.6 Å². The average molecular weight is 317 g/mol. The average Bonchev–Trinajstić information content (AvgIpc) is 2.98. The maximum absolute atomic E-state index is 6.21. The largest absolute Gasteiger partial charge is 0.381 e. The van der Waals surface area contributed by atoms with E-state index in [1.807, 2.05) is 6.07 Å². The Morgan fingerprint density at radius 2 is 1.79 bits per heavy atom. The van der Waals surface area contributed by atoms with Gasteiger partial charge in [-0.25, -0.2) is 0 Å². The van der Waals surface area contributed by atoms with Gasteiger partial charge in [-0.1, -0.05) is 47.0 Å². The number of hydrogen-bond acceptors (Lipinski definition) is 1. The van der Waals surface area contributed by atoms with E-state index in [1.165, 1.54) is 12.8 Å². The zero-order chi connectivity index (χ0) is 13.6. The molecule has 0 saturated heterocycles. The lowest BCUT2D eigenvalue weighted by atomic mass is 9.87. The van der Waals surface area contributed by atoms with Crippen molar-refractivity contribution >= 4 is 40.5 Å². The summed E-state index contributed by atoms with van der Waals surface area (Å²) in [4.78, 5) is 0. The van der Waals surface area contributed by atoms with Gasteiger partial charge in [0, 0.05) is 6.04 Å². The molecule has 1 saturated carbocycles. The quantitative estimate of drug-likeness (QED) is 0.560. The van der Waals surface area contributed by atoms with E-state index in [0.29, 0.717) is 32.9 Å². The number of rotatable bonds is 3. The Morgan fingerprint density at radius 1 is 1.05 bits per heavy atom. The van der Waals surface area contributed by atoms with E-state index in [9.17, 15) is 0 Å². The van der Waals surface area contributed by atoms with Crippen LogP contribution in [0, 0.1) is 17.8 Å². The number of halogens is 3. The van der Waals surface area contributed by atoms with E-state index in [1.54, 1.807) is 6.07 Å². The molecule has 1 aromatic rings. The number of fused-ring (bicyclic) bond motifs is 2. The SMILES string of the molecule is CC(Nc1cc(Cl)c(Cl)cc1Cl)C1CC2C=CC1C2. The van der Waals surface area contributed by atoms with Crippen LogP contribution in [-0.2, 0) is 0 Å². The van der Waals surface area contributed by atoms with Crippen molar-refractivity contribution in [2.24, 2.45) is 17.8 Å². The highest BCUT2D eigenvalue weighted by molar-refractivity contribution is 6.44. The monoisotopic (exact) mass is 315 g/mol. The molecule has 4 heteroatoms. The number of allylic oxidation sites excluding steroid dienone is 2. The molecule has 4 atom stereocenters.